The van der Waals surface area contributed by atoms with Gasteiger partial charge in [0.25, 0.3) is 0 Å². The van der Waals surface area contributed by atoms with Gasteiger partial charge in [0.05, 0.1) is 16.9 Å². The lowest BCUT2D eigenvalue weighted by Crippen LogP contribution is -1.82. The van der Waals surface area contributed by atoms with E-state index in [0.29, 0.717) is 0 Å². The van der Waals surface area contributed by atoms with Gasteiger partial charge in [-0.15, -0.1) is 11.3 Å². The smallest absolute Gasteiger partial charge is 0.0995 e. The third-order valence-corrected chi connectivity index (χ3v) is 2.19. The summed E-state index contributed by atoms with van der Waals surface area (Å²) >= 11 is 1.59. The number of hydrogen-bond acceptors (Lipinski definition) is 3. The Hall–Kier alpha value is -1.22. The summed E-state index contributed by atoms with van der Waals surface area (Å²) in [5.74, 6) is 0. The second-order valence-electron chi connectivity index (χ2n) is 2.59. The number of rotatable bonds is 1. The minimum atomic E-state index is 0.946. The first-order chi connectivity index (χ1) is 5.86. The fourth-order valence-corrected chi connectivity index (χ4v) is 1.50. The Morgan fingerprint density at radius 3 is 2.67 bits per heavy atom. The molecule has 2 aromatic rings. The number of nitrogens with zero attached hydrogens (tertiary/aromatic N) is 2. The quantitative estimate of drug-likeness (QED) is 0.667. The van der Waals surface area contributed by atoms with Crippen LogP contribution in [0.2, 0.25) is 0 Å². The second-order valence-corrected chi connectivity index (χ2v) is 3.31. The van der Waals surface area contributed by atoms with Crippen molar-refractivity contribution < 1.29 is 0 Å². The van der Waals surface area contributed by atoms with E-state index in [9.17, 15) is 0 Å². The highest BCUT2D eigenvalue weighted by molar-refractivity contribution is 7.07. The van der Waals surface area contributed by atoms with Crippen molar-refractivity contribution in [1.29, 1.82) is 0 Å². The number of aromatic nitrogens is 2. The van der Waals surface area contributed by atoms with Gasteiger partial charge in [-0.05, 0) is 18.6 Å². The summed E-state index contributed by atoms with van der Waals surface area (Å²) < 4.78 is 0. The third-order valence-electron chi connectivity index (χ3n) is 1.61. The van der Waals surface area contributed by atoms with Crippen molar-refractivity contribution in [3.63, 3.8) is 0 Å². The summed E-state index contributed by atoms with van der Waals surface area (Å²) in [6.07, 6.45) is 1.86. The van der Waals surface area contributed by atoms with E-state index in [1.807, 2.05) is 36.1 Å². The van der Waals surface area contributed by atoms with E-state index in [1.165, 1.54) is 5.56 Å². The number of pyridine rings is 1. The second kappa shape index (κ2) is 3.03. The third kappa shape index (κ3) is 1.36. The molecule has 0 saturated heterocycles. The van der Waals surface area contributed by atoms with E-state index < -0.39 is 0 Å². The predicted molar refractivity (Wildman–Crippen MR) is 50.1 cm³/mol. The molecule has 3 heteroatoms. The van der Waals surface area contributed by atoms with Gasteiger partial charge in [-0.25, -0.2) is 4.98 Å². The minimum absolute atomic E-state index is 0.946. The highest BCUT2D eigenvalue weighted by atomic mass is 32.1. The molecular weight excluding hydrogens is 168 g/mol. The zero-order chi connectivity index (χ0) is 8.39. The monoisotopic (exact) mass is 176 g/mol. The number of aryl methyl sites for hydroxylation is 1. The molecule has 0 amide bonds. The molecule has 0 N–H and O–H groups in total. The van der Waals surface area contributed by atoms with E-state index in [2.05, 4.69) is 9.97 Å². The van der Waals surface area contributed by atoms with Gasteiger partial charge in [0.1, 0.15) is 0 Å². The van der Waals surface area contributed by atoms with Gasteiger partial charge >= 0.3 is 0 Å². The SMILES string of the molecule is Cc1ccc(-c2cscn2)nc1. The van der Waals surface area contributed by atoms with Gasteiger partial charge < -0.3 is 0 Å². The lowest BCUT2D eigenvalue weighted by molar-refractivity contribution is 1.24. The molecule has 2 rings (SSSR count). The van der Waals surface area contributed by atoms with E-state index >= 15 is 0 Å². The summed E-state index contributed by atoms with van der Waals surface area (Å²) in [5, 5.41) is 2.00. The van der Waals surface area contributed by atoms with Crippen LogP contribution in [0.1, 0.15) is 5.56 Å². The van der Waals surface area contributed by atoms with E-state index in [4.69, 9.17) is 0 Å². The molecule has 0 radical (unpaired) electrons. The van der Waals surface area contributed by atoms with Crippen molar-refractivity contribution in [2.75, 3.05) is 0 Å². The van der Waals surface area contributed by atoms with Crippen molar-refractivity contribution in [3.05, 3.63) is 34.8 Å². The van der Waals surface area contributed by atoms with Crippen LogP contribution in [0, 0.1) is 6.92 Å². The molecule has 0 unspecified atom stereocenters. The Labute approximate surface area is 74.9 Å². The van der Waals surface area contributed by atoms with Crippen LogP contribution in [0.5, 0.6) is 0 Å². The van der Waals surface area contributed by atoms with Crippen molar-refractivity contribution in [3.8, 4) is 11.4 Å². The molecule has 2 aromatic heterocycles. The molecule has 2 heterocycles. The molecule has 0 fully saturated rings. The highest BCUT2D eigenvalue weighted by Gasteiger charge is 1.98. The van der Waals surface area contributed by atoms with E-state index in [-0.39, 0.29) is 0 Å². The standard InChI is InChI=1S/C9H8N2S/c1-7-2-3-8(10-4-7)9-5-12-6-11-9/h2-6H,1H3. The van der Waals surface area contributed by atoms with Crippen LogP contribution >= 0.6 is 11.3 Å². The fourth-order valence-electron chi connectivity index (χ4n) is 0.958. The molecule has 0 aliphatic rings. The van der Waals surface area contributed by atoms with Gasteiger partial charge in [0.15, 0.2) is 0 Å². The van der Waals surface area contributed by atoms with E-state index in [1.54, 1.807) is 11.3 Å². The van der Waals surface area contributed by atoms with Crippen LogP contribution in [0.4, 0.5) is 0 Å². The zero-order valence-corrected chi connectivity index (χ0v) is 7.51. The molecule has 2 nitrogen and oxygen atoms in total. The van der Waals surface area contributed by atoms with Crippen LogP contribution < -0.4 is 0 Å². The lowest BCUT2D eigenvalue weighted by atomic mass is 10.2. The van der Waals surface area contributed by atoms with Crippen molar-refractivity contribution in [1.82, 2.24) is 9.97 Å². The van der Waals surface area contributed by atoms with Crippen molar-refractivity contribution >= 4 is 11.3 Å². The molecule has 0 bridgehead atoms. The zero-order valence-electron chi connectivity index (χ0n) is 6.69. The number of thiazole rings is 1. The summed E-state index contributed by atoms with van der Waals surface area (Å²) in [4.78, 5) is 8.44. The van der Waals surface area contributed by atoms with E-state index in [0.717, 1.165) is 11.4 Å². The first-order valence-corrected chi connectivity index (χ1v) is 4.62. The molecule has 0 aliphatic carbocycles. The van der Waals surface area contributed by atoms with Crippen LogP contribution in [0.25, 0.3) is 11.4 Å². The summed E-state index contributed by atoms with van der Waals surface area (Å²) in [5.41, 5.74) is 4.90. The summed E-state index contributed by atoms with van der Waals surface area (Å²) in [6, 6.07) is 4.03. The average molecular weight is 176 g/mol. The molecule has 0 aliphatic heterocycles. The van der Waals surface area contributed by atoms with Gasteiger partial charge in [-0.1, -0.05) is 6.07 Å². The lowest BCUT2D eigenvalue weighted by Gasteiger charge is -1.94. The van der Waals surface area contributed by atoms with Gasteiger partial charge in [-0.2, -0.15) is 0 Å². The summed E-state index contributed by atoms with van der Waals surface area (Å²) in [6.45, 7) is 2.03. The Morgan fingerprint density at radius 2 is 2.08 bits per heavy atom. The molecule has 0 atom stereocenters. The van der Waals surface area contributed by atoms with Crippen LogP contribution in [-0.4, -0.2) is 9.97 Å². The maximum Gasteiger partial charge on any atom is 0.0995 e. The molecule has 60 valence electrons. The molecule has 0 saturated carbocycles. The first kappa shape index (κ1) is 7.43. The topological polar surface area (TPSA) is 25.8 Å². The minimum Gasteiger partial charge on any atom is -0.254 e. The molecule has 0 spiro atoms. The Kier molecular flexibility index (Phi) is 1.87. The maximum atomic E-state index is 4.26. The molecule has 12 heavy (non-hydrogen) atoms. The Bertz CT molecular complexity index is 351. The first-order valence-electron chi connectivity index (χ1n) is 3.67. The molecule has 0 aromatic carbocycles. The highest BCUT2D eigenvalue weighted by Crippen LogP contribution is 2.15. The Morgan fingerprint density at radius 1 is 1.17 bits per heavy atom. The fraction of sp³-hybridized carbons (Fsp3) is 0.111. The molecular formula is C9H8N2S. The predicted octanol–water partition coefficient (Wildman–Crippen LogP) is 2.51. The maximum absolute atomic E-state index is 4.26. The Balaban J connectivity index is 2.43. The van der Waals surface area contributed by atoms with Crippen molar-refractivity contribution in [2.24, 2.45) is 0 Å². The summed E-state index contributed by atoms with van der Waals surface area (Å²) in [7, 11) is 0. The average Bonchev–Trinajstić information content (AvgIpc) is 2.58. The van der Waals surface area contributed by atoms with Crippen LogP contribution in [0.3, 0.4) is 0 Å². The largest absolute Gasteiger partial charge is 0.254 e. The van der Waals surface area contributed by atoms with Crippen molar-refractivity contribution in [2.45, 2.75) is 6.92 Å². The normalized spacial score (nSPS) is 10.1. The number of hydrogen-bond donors (Lipinski definition) is 0. The van der Waals surface area contributed by atoms with Crippen LogP contribution in [-0.2, 0) is 0 Å². The van der Waals surface area contributed by atoms with Gasteiger partial charge in [0, 0.05) is 11.6 Å². The van der Waals surface area contributed by atoms with Crippen LogP contribution in [0.15, 0.2) is 29.2 Å². The van der Waals surface area contributed by atoms with Gasteiger partial charge in [0.2, 0.25) is 0 Å². The van der Waals surface area contributed by atoms with Gasteiger partial charge in [-0.3, -0.25) is 4.98 Å².